The second-order valence-corrected chi connectivity index (χ2v) is 6.13. The van der Waals surface area contributed by atoms with Gasteiger partial charge in [-0.1, -0.05) is 24.3 Å². The van der Waals surface area contributed by atoms with Crippen molar-refractivity contribution < 1.29 is 19.0 Å². The van der Waals surface area contributed by atoms with Crippen molar-refractivity contribution in [3.8, 4) is 5.75 Å². The van der Waals surface area contributed by atoms with Gasteiger partial charge in [-0.25, -0.2) is 4.39 Å². The van der Waals surface area contributed by atoms with Crippen LogP contribution >= 0.6 is 0 Å². The fourth-order valence-electron chi connectivity index (χ4n) is 2.73. The Hall–Kier alpha value is -2.44. The molecular formula is C19H21FN2O3. The molecular weight excluding hydrogens is 323 g/mol. The molecule has 3 N–H and O–H groups in total. The molecule has 132 valence electrons. The summed E-state index contributed by atoms with van der Waals surface area (Å²) in [5.41, 5.74) is 1.72. The van der Waals surface area contributed by atoms with E-state index in [-0.39, 0.29) is 17.8 Å². The molecule has 25 heavy (non-hydrogen) atoms. The van der Waals surface area contributed by atoms with Crippen LogP contribution in [0.4, 0.5) is 4.39 Å². The van der Waals surface area contributed by atoms with Crippen LogP contribution in [0.5, 0.6) is 5.75 Å². The molecule has 6 heteroatoms. The number of nitrogens with one attached hydrogen (secondary N) is 2. The van der Waals surface area contributed by atoms with Crippen LogP contribution < -0.4 is 15.4 Å². The summed E-state index contributed by atoms with van der Waals surface area (Å²) < 4.78 is 18.7. The van der Waals surface area contributed by atoms with Crippen LogP contribution in [0.15, 0.2) is 48.5 Å². The summed E-state index contributed by atoms with van der Waals surface area (Å²) in [6.07, 6.45) is -0.0103. The fraction of sp³-hybridized carbons (Fsp3) is 0.316. The van der Waals surface area contributed by atoms with E-state index < -0.39 is 6.10 Å². The molecule has 0 radical (unpaired) electrons. The van der Waals surface area contributed by atoms with Gasteiger partial charge in [0.25, 0.3) is 0 Å². The number of aliphatic hydroxyl groups is 1. The minimum Gasteiger partial charge on any atom is -0.489 e. The molecule has 1 fully saturated rings. The third-order valence-corrected chi connectivity index (χ3v) is 4.11. The maximum Gasteiger partial charge on any atom is 0.237 e. The molecule has 0 aromatic heterocycles. The molecule has 0 bridgehead atoms. The van der Waals surface area contributed by atoms with E-state index in [1.165, 1.54) is 12.1 Å². The molecule has 0 spiro atoms. The molecule has 1 aliphatic rings. The van der Waals surface area contributed by atoms with Crippen LogP contribution in [-0.2, 0) is 17.9 Å². The highest BCUT2D eigenvalue weighted by Gasteiger charge is 2.27. The predicted octanol–water partition coefficient (Wildman–Crippen LogP) is 1.74. The van der Waals surface area contributed by atoms with Gasteiger partial charge in [-0.15, -0.1) is 0 Å². The van der Waals surface area contributed by atoms with Crippen molar-refractivity contribution in [2.75, 3.05) is 6.54 Å². The lowest BCUT2D eigenvalue weighted by atomic mass is 10.1. The molecule has 2 atom stereocenters. The van der Waals surface area contributed by atoms with Crippen molar-refractivity contribution in [2.45, 2.75) is 31.7 Å². The van der Waals surface area contributed by atoms with Gasteiger partial charge in [-0.2, -0.15) is 0 Å². The summed E-state index contributed by atoms with van der Waals surface area (Å²) in [5.74, 6) is 0.291. The minimum absolute atomic E-state index is 0.108. The number of halogens is 1. The van der Waals surface area contributed by atoms with E-state index in [9.17, 15) is 14.3 Å². The number of hydrogen-bond donors (Lipinski definition) is 3. The molecule has 1 aliphatic heterocycles. The first-order valence-electron chi connectivity index (χ1n) is 8.25. The summed E-state index contributed by atoms with van der Waals surface area (Å²) >= 11 is 0. The number of amides is 1. The van der Waals surface area contributed by atoms with Crippen molar-refractivity contribution in [1.29, 1.82) is 0 Å². The zero-order valence-corrected chi connectivity index (χ0v) is 13.7. The van der Waals surface area contributed by atoms with E-state index in [4.69, 9.17) is 4.74 Å². The van der Waals surface area contributed by atoms with Crippen LogP contribution in [0.1, 0.15) is 17.5 Å². The third kappa shape index (κ3) is 5.01. The highest BCUT2D eigenvalue weighted by Crippen LogP contribution is 2.15. The quantitative estimate of drug-likeness (QED) is 0.747. The number of rotatable bonds is 6. The van der Waals surface area contributed by atoms with Crippen molar-refractivity contribution in [2.24, 2.45) is 0 Å². The second-order valence-electron chi connectivity index (χ2n) is 6.13. The maximum absolute atomic E-state index is 13.1. The Bertz CT molecular complexity index is 721. The maximum atomic E-state index is 13.1. The molecule has 2 aromatic rings. The number of carbonyl (C=O) groups is 1. The lowest BCUT2D eigenvalue weighted by molar-refractivity contribution is -0.123. The number of carbonyl (C=O) groups excluding carboxylic acids is 1. The van der Waals surface area contributed by atoms with Crippen molar-refractivity contribution in [3.63, 3.8) is 0 Å². The van der Waals surface area contributed by atoms with Crippen molar-refractivity contribution in [3.05, 3.63) is 65.5 Å². The molecule has 1 amide bonds. The molecule has 3 rings (SSSR count). The van der Waals surface area contributed by atoms with Crippen molar-refractivity contribution >= 4 is 5.91 Å². The first kappa shape index (κ1) is 17.4. The average molecular weight is 344 g/mol. The van der Waals surface area contributed by atoms with E-state index >= 15 is 0 Å². The number of aliphatic hydroxyl groups excluding tert-OH is 1. The summed E-state index contributed by atoms with van der Waals surface area (Å²) in [5, 5.41) is 15.3. The monoisotopic (exact) mass is 344 g/mol. The smallest absolute Gasteiger partial charge is 0.237 e. The molecule has 0 aliphatic carbocycles. The lowest BCUT2D eigenvalue weighted by Crippen LogP contribution is -2.39. The Morgan fingerprint density at radius 3 is 2.72 bits per heavy atom. The van der Waals surface area contributed by atoms with Gasteiger partial charge in [0, 0.05) is 13.1 Å². The van der Waals surface area contributed by atoms with Gasteiger partial charge in [-0.05, 0) is 41.8 Å². The Morgan fingerprint density at radius 2 is 2.04 bits per heavy atom. The Kier molecular flexibility index (Phi) is 5.63. The molecule has 2 aromatic carbocycles. The highest BCUT2D eigenvalue weighted by atomic mass is 19.1. The first-order chi connectivity index (χ1) is 12.1. The summed E-state index contributed by atoms with van der Waals surface area (Å²) in [6, 6.07) is 13.3. The largest absolute Gasteiger partial charge is 0.489 e. The molecule has 1 heterocycles. The van der Waals surface area contributed by atoms with Crippen LogP contribution in [-0.4, -0.2) is 29.7 Å². The van der Waals surface area contributed by atoms with Gasteiger partial charge in [0.2, 0.25) is 5.91 Å². The Balaban J connectivity index is 1.46. The van der Waals surface area contributed by atoms with Gasteiger partial charge >= 0.3 is 0 Å². The van der Waals surface area contributed by atoms with Crippen LogP contribution in [0, 0.1) is 5.82 Å². The van der Waals surface area contributed by atoms with Gasteiger partial charge < -0.3 is 20.5 Å². The van der Waals surface area contributed by atoms with Gasteiger partial charge in [0.05, 0.1) is 12.1 Å². The van der Waals surface area contributed by atoms with Crippen LogP contribution in [0.2, 0.25) is 0 Å². The van der Waals surface area contributed by atoms with E-state index in [2.05, 4.69) is 10.6 Å². The molecule has 0 unspecified atom stereocenters. The summed E-state index contributed by atoms with van der Waals surface area (Å²) in [4.78, 5) is 12.0. The normalized spacial score (nSPS) is 19.6. The SMILES string of the molecule is O=C(NCc1ccc(OCc2cccc(F)c2)cc1)[C@@H]1C[C@@H](O)CN1. The Morgan fingerprint density at radius 1 is 1.24 bits per heavy atom. The van der Waals surface area contributed by atoms with Gasteiger partial charge in [0.1, 0.15) is 18.2 Å². The van der Waals surface area contributed by atoms with Gasteiger partial charge in [-0.3, -0.25) is 4.79 Å². The standard InChI is InChI=1S/C19H21FN2O3/c20-15-3-1-2-14(8-15)12-25-17-6-4-13(5-7-17)10-22-19(24)18-9-16(23)11-21-18/h1-8,16,18,21,23H,9-12H2,(H,22,24)/t16-,18+/m1/s1. The molecule has 0 saturated carbocycles. The molecule has 5 nitrogen and oxygen atoms in total. The minimum atomic E-state index is -0.453. The van der Waals surface area contributed by atoms with E-state index in [1.807, 2.05) is 24.3 Å². The number of ether oxygens (including phenoxy) is 1. The number of benzene rings is 2. The number of hydrogen-bond acceptors (Lipinski definition) is 4. The Labute approximate surface area is 145 Å². The van der Waals surface area contributed by atoms with Crippen molar-refractivity contribution in [1.82, 2.24) is 10.6 Å². The highest BCUT2D eigenvalue weighted by molar-refractivity contribution is 5.82. The zero-order chi connectivity index (χ0) is 17.6. The predicted molar refractivity (Wildman–Crippen MR) is 91.4 cm³/mol. The second kappa shape index (κ2) is 8.09. The van der Waals surface area contributed by atoms with Crippen LogP contribution in [0.25, 0.3) is 0 Å². The van der Waals surface area contributed by atoms with E-state index in [1.54, 1.807) is 12.1 Å². The lowest BCUT2D eigenvalue weighted by Gasteiger charge is -2.11. The van der Waals surface area contributed by atoms with E-state index in [0.29, 0.717) is 31.9 Å². The molecule has 1 saturated heterocycles. The van der Waals surface area contributed by atoms with Crippen LogP contribution in [0.3, 0.4) is 0 Å². The summed E-state index contributed by atoms with van der Waals surface area (Å²) in [6.45, 7) is 1.16. The fourth-order valence-corrected chi connectivity index (χ4v) is 2.73. The van der Waals surface area contributed by atoms with Gasteiger partial charge in [0.15, 0.2) is 0 Å². The zero-order valence-electron chi connectivity index (χ0n) is 13.7. The average Bonchev–Trinajstić information content (AvgIpc) is 3.05. The number of β-amino-alcohol motifs (C(OH)–C–C–N with tert-alkyl or cyclic N) is 1. The van der Waals surface area contributed by atoms with E-state index in [0.717, 1.165) is 11.1 Å². The summed E-state index contributed by atoms with van der Waals surface area (Å²) in [7, 11) is 0. The third-order valence-electron chi connectivity index (χ3n) is 4.11. The first-order valence-corrected chi connectivity index (χ1v) is 8.25. The topological polar surface area (TPSA) is 70.6 Å².